The molecular formula is C17H13F2NO. The van der Waals surface area contributed by atoms with Gasteiger partial charge in [0, 0.05) is 23.2 Å². The lowest BCUT2D eigenvalue weighted by Gasteiger charge is -2.14. The second-order valence-corrected chi connectivity index (χ2v) is 4.98. The van der Waals surface area contributed by atoms with Gasteiger partial charge in [0.2, 0.25) is 0 Å². The summed E-state index contributed by atoms with van der Waals surface area (Å²) in [6, 6.07) is 11.0. The van der Waals surface area contributed by atoms with E-state index in [9.17, 15) is 13.9 Å². The molecule has 106 valence electrons. The van der Waals surface area contributed by atoms with Crippen molar-refractivity contribution in [3.05, 3.63) is 77.0 Å². The van der Waals surface area contributed by atoms with Crippen molar-refractivity contribution in [3.8, 4) is 0 Å². The molecule has 1 N–H and O–H groups in total. The molecule has 0 saturated carbocycles. The van der Waals surface area contributed by atoms with Gasteiger partial charge in [-0.25, -0.2) is 8.78 Å². The number of benzene rings is 2. The van der Waals surface area contributed by atoms with Gasteiger partial charge in [0.05, 0.1) is 5.52 Å². The molecule has 21 heavy (non-hydrogen) atoms. The molecule has 1 unspecified atom stereocenters. The lowest BCUT2D eigenvalue weighted by molar-refractivity contribution is 0.214. The van der Waals surface area contributed by atoms with E-state index in [4.69, 9.17) is 0 Å². The summed E-state index contributed by atoms with van der Waals surface area (Å²) < 4.78 is 27.2. The van der Waals surface area contributed by atoms with Crippen LogP contribution in [0.15, 0.2) is 48.7 Å². The van der Waals surface area contributed by atoms with Gasteiger partial charge in [0.1, 0.15) is 17.7 Å². The Morgan fingerprint density at radius 3 is 2.67 bits per heavy atom. The van der Waals surface area contributed by atoms with Crippen molar-refractivity contribution >= 4 is 10.9 Å². The van der Waals surface area contributed by atoms with E-state index in [1.54, 1.807) is 30.5 Å². The highest BCUT2D eigenvalue weighted by molar-refractivity contribution is 5.79. The van der Waals surface area contributed by atoms with Crippen LogP contribution >= 0.6 is 0 Å². The molecule has 0 radical (unpaired) electrons. The molecule has 1 heterocycles. The largest absolute Gasteiger partial charge is 0.384 e. The number of hydrogen-bond acceptors (Lipinski definition) is 2. The highest BCUT2D eigenvalue weighted by Crippen LogP contribution is 2.28. The molecule has 0 fully saturated rings. The fraction of sp³-hybridized carbons (Fsp3) is 0.118. The average molecular weight is 285 g/mol. The van der Waals surface area contributed by atoms with Crippen molar-refractivity contribution in [3.63, 3.8) is 0 Å². The van der Waals surface area contributed by atoms with Crippen molar-refractivity contribution in [2.45, 2.75) is 13.0 Å². The fourth-order valence-electron chi connectivity index (χ4n) is 2.33. The molecule has 1 aromatic heterocycles. The zero-order valence-corrected chi connectivity index (χ0v) is 11.3. The Labute approximate surface area is 120 Å². The molecule has 0 aliphatic heterocycles. The number of aliphatic hydroxyl groups excluding tert-OH is 1. The Morgan fingerprint density at radius 2 is 1.86 bits per heavy atom. The quantitative estimate of drug-likeness (QED) is 0.774. The highest BCUT2D eigenvalue weighted by Gasteiger charge is 2.17. The number of aryl methyl sites for hydroxylation is 1. The number of aromatic nitrogens is 1. The third-order valence-electron chi connectivity index (χ3n) is 3.52. The Hall–Kier alpha value is -2.33. The number of aliphatic hydroxyl groups is 1. The van der Waals surface area contributed by atoms with Crippen LogP contribution in [-0.2, 0) is 0 Å². The molecule has 2 aromatic carbocycles. The Kier molecular flexibility index (Phi) is 3.39. The van der Waals surface area contributed by atoms with Gasteiger partial charge in [-0.1, -0.05) is 12.1 Å². The first-order valence-corrected chi connectivity index (χ1v) is 6.54. The maximum atomic E-state index is 13.9. The first-order chi connectivity index (χ1) is 10.1. The summed E-state index contributed by atoms with van der Waals surface area (Å²) in [5.41, 5.74) is 1.70. The van der Waals surface area contributed by atoms with Gasteiger partial charge in [-0.05, 0) is 42.3 Å². The molecule has 0 aliphatic carbocycles. The zero-order chi connectivity index (χ0) is 15.0. The number of rotatable bonds is 2. The highest BCUT2D eigenvalue weighted by atomic mass is 19.1. The van der Waals surface area contributed by atoms with Crippen LogP contribution in [0.4, 0.5) is 8.78 Å². The maximum absolute atomic E-state index is 13.9. The second kappa shape index (κ2) is 5.22. The molecule has 3 rings (SSSR count). The Balaban J connectivity index is 2.07. The van der Waals surface area contributed by atoms with E-state index in [0.717, 1.165) is 17.0 Å². The summed E-state index contributed by atoms with van der Waals surface area (Å²) >= 11 is 0. The smallest absolute Gasteiger partial charge is 0.132 e. The van der Waals surface area contributed by atoms with Crippen LogP contribution in [0.25, 0.3) is 10.9 Å². The standard InChI is InChI=1S/C17H13F2NO/c1-10-7-13(15(19)9-14(10)18)17(21)12-4-5-16-11(8-12)3-2-6-20-16/h2-9,17,21H,1H3. The van der Waals surface area contributed by atoms with E-state index in [-0.39, 0.29) is 5.56 Å². The van der Waals surface area contributed by atoms with E-state index in [0.29, 0.717) is 11.1 Å². The number of hydrogen-bond donors (Lipinski definition) is 1. The lowest BCUT2D eigenvalue weighted by Crippen LogP contribution is -2.04. The maximum Gasteiger partial charge on any atom is 0.132 e. The predicted molar refractivity (Wildman–Crippen MR) is 76.9 cm³/mol. The van der Waals surface area contributed by atoms with Gasteiger partial charge in [-0.2, -0.15) is 0 Å². The number of nitrogens with zero attached hydrogens (tertiary/aromatic N) is 1. The van der Waals surface area contributed by atoms with Gasteiger partial charge >= 0.3 is 0 Å². The summed E-state index contributed by atoms with van der Waals surface area (Å²) in [5.74, 6) is -1.37. The van der Waals surface area contributed by atoms with Gasteiger partial charge < -0.3 is 5.11 Å². The number of fused-ring (bicyclic) bond motifs is 1. The van der Waals surface area contributed by atoms with E-state index < -0.39 is 17.7 Å². The molecule has 1 atom stereocenters. The zero-order valence-electron chi connectivity index (χ0n) is 11.3. The fourth-order valence-corrected chi connectivity index (χ4v) is 2.33. The minimum atomic E-state index is -1.14. The van der Waals surface area contributed by atoms with E-state index in [2.05, 4.69) is 4.98 Å². The van der Waals surface area contributed by atoms with Gasteiger partial charge in [0.25, 0.3) is 0 Å². The molecule has 4 heteroatoms. The molecular weight excluding hydrogens is 272 g/mol. The Bertz CT molecular complexity index is 817. The molecule has 0 spiro atoms. The van der Waals surface area contributed by atoms with Gasteiger partial charge in [-0.3, -0.25) is 4.98 Å². The molecule has 2 nitrogen and oxygen atoms in total. The lowest BCUT2D eigenvalue weighted by atomic mass is 9.98. The van der Waals surface area contributed by atoms with Crippen molar-refractivity contribution in [2.75, 3.05) is 0 Å². The summed E-state index contributed by atoms with van der Waals surface area (Å²) in [6.07, 6.45) is 0.537. The van der Waals surface area contributed by atoms with E-state index >= 15 is 0 Å². The Morgan fingerprint density at radius 1 is 1.05 bits per heavy atom. The minimum absolute atomic E-state index is 0.0668. The third kappa shape index (κ3) is 2.50. The van der Waals surface area contributed by atoms with Crippen LogP contribution in [-0.4, -0.2) is 10.1 Å². The van der Waals surface area contributed by atoms with Crippen LogP contribution in [0.2, 0.25) is 0 Å². The molecule has 0 aliphatic rings. The van der Waals surface area contributed by atoms with Crippen LogP contribution in [0, 0.1) is 18.6 Å². The van der Waals surface area contributed by atoms with Crippen molar-refractivity contribution in [1.29, 1.82) is 0 Å². The monoisotopic (exact) mass is 285 g/mol. The second-order valence-electron chi connectivity index (χ2n) is 4.98. The topological polar surface area (TPSA) is 33.1 Å². The van der Waals surface area contributed by atoms with Crippen LogP contribution in [0.5, 0.6) is 0 Å². The normalized spacial score (nSPS) is 12.6. The van der Waals surface area contributed by atoms with E-state index in [1.165, 1.54) is 13.0 Å². The first-order valence-electron chi connectivity index (χ1n) is 6.54. The van der Waals surface area contributed by atoms with E-state index in [1.807, 2.05) is 6.07 Å². The van der Waals surface area contributed by atoms with Gasteiger partial charge in [-0.15, -0.1) is 0 Å². The average Bonchev–Trinajstić information content (AvgIpc) is 2.50. The number of halogens is 2. The molecule has 0 amide bonds. The van der Waals surface area contributed by atoms with Gasteiger partial charge in [0.15, 0.2) is 0 Å². The molecule has 0 saturated heterocycles. The summed E-state index contributed by atoms with van der Waals surface area (Å²) in [7, 11) is 0. The van der Waals surface area contributed by atoms with Crippen LogP contribution in [0.3, 0.4) is 0 Å². The molecule has 0 bridgehead atoms. The minimum Gasteiger partial charge on any atom is -0.384 e. The van der Waals surface area contributed by atoms with Crippen LogP contribution < -0.4 is 0 Å². The third-order valence-corrected chi connectivity index (χ3v) is 3.52. The van der Waals surface area contributed by atoms with Crippen LogP contribution in [0.1, 0.15) is 22.8 Å². The number of pyridine rings is 1. The van der Waals surface area contributed by atoms with Crippen molar-refractivity contribution in [2.24, 2.45) is 0 Å². The summed E-state index contributed by atoms with van der Waals surface area (Å²) in [4.78, 5) is 4.19. The molecule has 3 aromatic rings. The van der Waals surface area contributed by atoms with Crippen molar-refractivity contribution in [1.82, 2.24) is 4.98 Å². The van der Waals surface area contributed by atoms with Crippen molar-refractivity contribution < 1.29 is 13.9 Å². The summed E-state index contributed by atoms with van der Waals surface area (Å²) in [5, 5.41) is 11.2. The SMILES string of the molecule is Cc1cc(C(O)c2ccc3ncccc3c2)c(F)cc1F. The predicted octanol–water partition coefficient (Wildman–Crippen LogP) is 3.90. The summed E-state index contributed by atoms with van der Waals surface area (Å²) in [6.45, 7) is 1.54. The first kappa shape index (κ1) is 13.6.